The number of aromatic nitrogens is 2. The van der Waals surface area contributed by atoms with E-state index in [0.717, 1.165) is 37.8 Å². The molecule has 4 heteroatoms. The molecule has 1 saturated carbocycles. The largest absolute Gasteiger partial charge is 0.381 e. The molecule has 0 aromatic carbocycles. The molecule has 0 radical (unpaired) electrons. The average Bonchev–Trinajstić information content (AvgIpc) is 2.76. The lowest BCUT2D eigenvalue weighted by molar-refractivity contribution is 0.187. The molecule has 1 aliphatic heterocycles. The molecule has 1 aromatic heterocycles. The van der Waals surface area contributed by atoms with E-state index >= 15 is 0 Å². The van der Waals surface area contributed by atoms with Gasteiger partial charge < -0.3 is 10.1 Å². The summed E-state index contributed by atoms with van der Waals surface area (Å²) in [4.78, 5) is 9.13. The zero-order valence-electron chi connectivity index (χ0n) is 11.0. The molecule has 4 nitrogen and oxygen atoms in total. The topological polar surface area (TPSA) is 47.0 Å². The summed E-state index contributed by atoms with van der Waals surface area (Å²) in [6, 6.07) is 2.13. The molecule has 1 atom stereocenters. The predicted molar refractivity (Wildman–Crippen MR) is 70.8 cm³/mol. The molecule has 2 fully saturated rings. The zero-order chi connectivity index (χ0) is 12.4. The number of nitrogens with zero attached hydrogens (tertiary/aromatic N) is 2. The van der Waals surface area contributed by atoms with Gasteiger partial charge in [0, 0.05) is 36.4 Å². The van der Waals surface area contributed by atoms with Gasteiger partial charge in [0.05, 0.1) is 6.61 Å². The van der Waals surface area contributed by atoms with E-state index < -0.39 is 0 Å². The van der Waals surface area contributed by atoms with Gasteiger partial charge in [-0.15, -0.1) is 0 Å². The van der Waals surface area contributed by atoms with Gasteiger partial charge >= 0.3 is 0 Å². The molecule has 18 heavy (non-hydrogen) atoms. The SMILES string of the molecule is Cc1cc(C2CCC2)nc(NC[C@H]2CCOC2)n1. The van der Waals surface area contributed by atoms with Crippen molar-refractivity contribution in [1.82, 2.24) is 9.97 Å². The van der Waals surface area contributed by atoms with Crippen LogP contribution in [0.25, 0.3) is 0 Å². The van der Waals surface area contributed by atoms with Gasteiger partial charge in [0.25, 0.3) is 0 Å². The van der Waals surface area contributed by atoms with E-state index in [9.17, 15) is 0 Å². The van der Waals surface area contributed by atoms with Gasteiger partial charge in [-0.1, -0.05) is 6.42 Å². The second-order valence-corrected chi connectivity index (χ2v) is 5.50. The number of hydrogen-bond acceptors (Lipinski definition) is 4. The minimum Gasteiger partial charge on any atom is -0.381 e. The Morgan fingerprint density at radius 2 is 2.22 bits per heavy atom. The summed E-state index contributed by atoms with van der Waals surface area (Å²) in [5.74, 6) is 2.08. The molecular formula is C14H21N3O. The lowest BCUT2D eigenvalue weighted by Crippen LogP contribution is -2.18. The van der Waals surface area contributed by atoms with E-state index in [1.807, 2.05) is 6.92 Å². The molecule has 98 valence electrons. The molecule has 0 unspecified atom stereocenters. The molecule has 2 heterocycles. The Morgan fingerprint density at radius 3 is 2.89 bits per heavy atom. The smallest absolute Gasteiger partial charge is 0.223 e. The minimum atomic E-state index is 0.612. The van der Waals surface area contributed by atoms with Crippen LogP contribution in [0.4, 0.5) is 5.95 Å². The maximum Gasteiger partial charge on any atom is 0.223 e. The lowest BCUT2D eigenvalue weighted by atomic mass is 9.83. The van der Waals surface area contributed by atoms with Crippen LogP contribution in [0.5, 0.6) is 0 Å². The second-order valence-electron chi connectivity index (χ2n) is 5.50. The van der Waals surface area contributed by atoms with Gasteiger partial charge in [0.15, 0.2) is 0 Å². The van der Waals surface area contributed by atoms with Crippen molar-refractivity contribution >= 4 is 5.95 Å². The first-order valence-corrected chi connectivity index (χ1v) is 6.98. The van der Waals surface area contributed by atoms with Crippen LogP contribution in [0.2, 0.25) is 0 Å². The van der Waals surface area contributed by atoms with Crippen LogP contribution < -0.4 is 5.32 Å². The van der Waals surface area contributed by atoms with Crippen LogP contribution in [-0.2, 0) is 4.74 Å². The van der Waals surface area contributed by atoms with Gasteiger partial charge in [-0.05, 0) is 32.3 Å². The Balaban J connectivity index is 1.64. The quantitative estimate of drug-likeness (QED) is 0.888. The molecule has 1 saturated heterocycles. The molecule has 0 amide bonds. The second kappa shape index (κ2) is 5.22. The molecule has 0 bridgehead atoms. The molecule has 0 spiro atoms. The number of hydrogen-bond donors (Lipinski definition) is 1. The summed E-state index contributed by atoms with van der Waals surface area (Å²) < 4.78 is 5.38. The number of aryl methyl sites for hydroxylation is 1. The monoisotopic (exact) mass is 247 g/mol. The third-order valence-corrected chi connectivity index (χ3v) is 3.97. The fourth-order valence-corrected chi connectivity index (χ4v) is 2.57. The summed E-state index contributed by atoms with van der Waals surface area (Å²) in [6.07, 6.45) is 5.06. The predicted octanol–water partition coefficient (Wildman–Crippen LogP) is 2.50. The van der Waals surface area contributed by atoms with Crippen molar-refractivity contribution in [2.45, 2.75) is 38.5 Å². The minimum absolute atomic E-state index is 0.612. The summed E-state index contributed by atoms with van der Waals surface area (Å²) in [5, 5.41) is 3.37. The highest BCUT2D eigenvalue weighted by Gasteiger charge is 2.22. The summed E-state index contributed by atoms with van der Waals surface area (Å²) in [7, 11) is 0. The normalized spacial score (nSPS) is 23.9. The van der Waals surface area contributed by atoms with Crippen molar-refractivity contribution in [3.8, 4) is 0 Å². The molecule has 1 N–H and O–H groups in total. The Hall–Kier alpha value is -1.16. The summed E-state index contributed by atoms with van der Waals surface area (Å²) >= 11 is 0. The van der Waals surface area contributed by atoms with Crippen molar-refractivity contribution in [2.75, 3.05) is 25.1 Å². The Kier molecular flexibility index (Phi) is 3.46. The van der Waals surface area contributed by atoms with Crippen LogP contribution >= 0.6 is 0 Å². The standard InChI is InChI=1S/C14H21N3O/c1-10-7-13(12-3-2-4-12)17-14(16-10)15-8-11-5-6-18-9-11/h7,11-12H,2-6,8-9H2,1H3,(H,15,16,17)/t11-/m1/s1. The van der Waals surface area contributed by atoms with Crippen LogP contribution in [0, 0.1) is 12.8 Å². The van der Waals surface area contributed by atoms with Crippen LogP contribution in [0.1, 0.15) is 43.0 Å². The van der Waals surface area contributed by atoms with Crippen molar-refractivity contribution in [1.29, 1.82) is 0 Å². The highest BCUT2D eigenvalue weighted by Crippen LogP contribution is 2.35. The van der Waals surface area contributed by atoms with Crippen LogP contribution in [-0.4, -0.2) is 29.7 Å². The van der Waals surface area contributed by atoms with Crippen molar-refractivity contribution in [3.05, 3.63) is 17.5 Å². The average molecular weight is 247 g/mol. The first kappa shape index (κ1) is 11.9. The maximum absolute atomic E-state index is 5.38. The maximum atomic E-state index is 5.38. The third kappa shape index (κ3) is 2.64. The Labute approximate surface area is 108 Å². The lowest BCUT2D eigenvalue weighted by Gasteiger charge is -2.25. The molecule has 3 rings (SSSR count). The fourth-order valence-electron chi connectivity index (χ4n) is 2.57. The Morgan fingerprint density at radius 1 is 1.33 bits per heavy atom. The van der Waals surface area contributed by atoms with Gasteiger partial charge in [-0.3, -0.25) is 0 Å². The van der Waals surface area contributed by atoms with E-state index in [4.69, 9.17) is 4.74 Å². The number of rotatable bonds is 4. The number of nitrogens with one attached hydrogen (secondary N) is 1. The van der Waals surface area contributed by atoms with Crippen molar-refractivity contribution in [3.63, 3.8) is 0 Å². The highest BCUT2D eigenvalue weighted by atomic mass is 16.5. The molecule has 2 aliphatic rings. The van der Waals surface area contributed by atoms with Gasteiger partial charge in [-0.2, -0.15) is 0 Å². The summed E-state index contributed by atoms with van der Waals surface area (Å²) in [5.41, 5.74) is 2.29. The van der Waals surface area contributed by atoms with Gasteiger partial charge in [0.2, 0.25) is 5.95 Å². The first-order chi connectivity index (χ1) is 8.81. The van der Waals surface area contributed by atoms with Crippen LogP contribution in [0.15, 0.2) is 6.07 Å². The number of ether oxygens (including phenoxy) is 1. The van der Waals surface area contributed by atoms with E-state index in [-0.39, 0.29) is 0 Å². The van der Waals surface area contributed by atoms with E-state index in [1.165, 1.54) is 25.0 Å². The number of anilines is 1. The molecule has 1 aliphatic carbocycles. The van der Waals surface area contributed by atoms with Crippen molar-refractivity contribution in [2.24, 2.45) is 5.92 Å². The van der Waals surface area contributed by atoms with E-state index in [2.05, 4.69) is 21.4 Å². The van der Waals surface area contributed by atoms with Gasteiger partial charge in [-0.25, -0.2) is 9.97 Å². The van der Waals surface area contributed by atoms with Gasteiger partial charge in [0.1, 0.15) is 0 Å². The molecular weight excluding hydrogens is 226 g/mol. The van der Waals surface area contributed by atoms with Crippen LogP contribution in [0.3, 0.4) is 0 Å². The summed E-state index contributed by atoms with van der Waals surface area (Å²) in [6.45, 7) is 4.74. The molecule has 1 aromatic rings. The zero-order valence-corrected chi connectivity index (χ0v) is 11.0. The third-order valence-electron chi connectivity index (χ3n) is 3.97. The Bertz CT molecular complexity index is 412. The van der Waals surface area contributed by atoms with Crippen molar-refractivity contribution < 1.29 is 4.74 Å². The highest BCUT2D eigenvalue weighted by molar-refractivity contribution is 5.30. The first-order valence-electron chi connectivity index (χ1n) is 6.98. The van der Waals surface area contributed by atoms with E-state index in [0.29, 0.717) is 11.8 Å². The van der Waals surface area contributed by atoms with E-state index in [1.54, 1.807) is 0 Å². The fraction of sp³-hybridized carbons (Fsp3) is 0.714.